The van der Waals surface area contributed by atoms with Gasteiger partial charge >= 0.3 is 6.09 Å². The Bertz CT molecular complexity index is 718. The van der Waals surface area contributed by atoms with Crippen LogP contribution in [0.2, 0.25) is 0 Å². The molecule has 2 rings (SSSR count). The molecule has 0 aliphatic rings. The van der Waals surface area contributed by atoms with Crippen LogP contribution in [0.5, 0.6) is 0 Å². The number of alkyl carbamates (subject to hydrolysis) is 1. The normalized spacial score (nSPS) is 11.2. The van der Waals surface area contributed by atoms with E-state index >= 15 is 0 Å². The number of aryl methyl sites for hydroxylation is 1. The van der Waals surface area contributed by atoms with E-state index in [1.165, 1.54) is 5.56 Å². The summed E-state index contributed by atoms with van der Waals surface area (Å²) in [5, 5.41) is 2.74. The van der Waals surface area contributed by atoms with Crippen molar-refractivity contribution in [1.29, 1.82) is 0 Å². The minimum Gasteiger partial charge on any atom is -0.444 e. The molecule has 0 aromatic heterocycles. The molecule has 0 heterocycles. The highest BCUT2D eigenvalue weighted by atomic mass is 16.6. The lowest BCUT2D eigenvalue weighted by Gasteiger charge is -2.19. The van der Waals surface area contributed by atoms with Crippen LogP contribution in [0.1, 0.15) is 38.8 Å². The maximum atomic E-state index is 11.7. The maximum absolute atomic E-state index is 11.7. The molecule has 0 spiro atoms. The molecule has 4 heteroatoms. The van der Waals surface area contributed by atoms with E-state index in [0.29, 0.717) is 12.2 Å². The van der Waals surface area contributed by atoms with Crippen LogP contribution < -0.4 is 11.1 Å². The largest absolute Gasteiger partial charge is 0.444 e. The molecule has 0 aliphatic heterocycles. The third-order valence-electron chi connectivity index (χ3n) is 3.60. The van der Waals surface area contributed by atoms with E-state index in [-0.39, 0.29) is 0 Å². The van der Waals surface area contributed by atoms with Crippen molar-refractivity contribution in [3.8, 4) is 11.1 Å². The van der Waals surface area contributed by atoms with Gasteiger partial charge in [-0.2, -0.15) is 0 Å². The molecule has 0 atom stereocenters. The maximum Gasteiger partial charge on any atom is 0.407 e. The number of carbonyl (C=O) groups is 1. The second kappa shape index (κ2) is 7.39. The molecular formula is C20H26N2O2. The van der Waals surface area contributed by atoms with Gasteiger partial charge in [0.1, 0.15) is 5.60 Å². The fraction of sp³-hybridized carbons (Fsp3) is 0.350. The van der Waals surface area contributed by atoms with Crippen molar-refractivity contribution < 1.29 is 9.53 Å². The van der Waals surface area contributed by atoms with Gasteiger partial charge in [0.25, 0.3) is 0 Å². The zero-order valence-electron chi connectivity index (χ0n) is 14.8. The first-order valence-corrected chi connectivity index (χ1v) is 8.23. The lowest BCUT2D eigenvalue weighted by atomic mass is 9.99. The van der Waals surface area contributed by atoms with Gasteiger partial charge in [-0.25, -0.2) is 4.79 Å². The van der Waals surface area contributed by atoms with Gasteiger partial charge in [0.2, 0.25) is 0 Å². The molecule has 0 unspecified atom stereocenters. The Morgan fingerprint density at radius 1 is 1.12 bits per heavy atom. The van der Waals surface area contributed by atoms with Crippen LogP contribution in [0.3, 0.4) is 0 Å². The predicted molar refractivity (Wildman–Crippen MR) is 98.7 cm³/mol. The van der Waals surface area contributed by atoms with Gasteiger partial charge in [-0.1, -0.05) is 43.3 Å². The smallest absolute Gasteiger partial charge is 0.407 e. The fourth-order valence-electron chi connectivity index (χ4n) is 2.43. The van der Waals surface area contributed by atoms with Crippen molar-refractivity contribution in [2.75, 3.05) is 5.73 Å². The summed E-state index contributed by atoms with van der Waals surface area (Å²) in [6, 6.07) is 14.2. The van der Waals surface area contributed by atoms with Crippen molar-refractivity contribution in [2.45, 2.75) is 46.3 Å². The Morgan fingerprint density at radius 2 is 1.88 bits per heavy atom. The average molecular weight is 326 g/mol. The van der Waals surface area contributed by atoms with Crippen LogP contribution in [0.15, 0.2) is 42.5 Å². The Hall–Kier alpha value is -2.49. The van der Waals surface area contributed by atoms with Gasteiger partial charge in [-0.3, -0.25) is 0 Å². The standard InChI is InChI=1S/C20H26N2O2/c1-5-14-7-6-8-16(11-14)17-10-9-15(12-18(17)21)13-22-19(23)24-20(2,3)4/h6-12H,5,13,21H2,1-4H3,(H,22,23). The lowest BCUT2D eigenvalue weighted by molar-refractivity contribution is 0.0523. The number of nitrogens with one attached hydrogen (secondary N) is 1. The minimum atomic E-state index is -0.503. The van der Waals surface area contributed by atoms with Gasteiger partial charge in [-0.05, 0) is 49.9 Å². The van der Waals surface area contributed by atoms with Crippen LogP contribution in [0.25, 0.3) is 11.1 Å². The van der Waals surface area contributed by atoms with Crippen LogP contribution in [0.4, 0.5) is 10.5 Å². The van der Waals surface area contributed by atoms with Crippen molar-refractivity contribution in [3.05, 3.63) is 53.6 Å². The molecule has 0 radical (unpaired) electrons. The summed E-state index contributed by atoms with van der Waals surface area (Å²) >= 11 is 0. The molecule has 2 aromatic rings. The predicted octanol–water partition coefficient (Wildman–Crippen LogP) is 4.52. The molecule has 2 aromatic carbocycles. The van der Waals surface area contributed by atoms with Crippen molar-refractivity contribution in [2.24, 2.45) is 0 Å². The zero-order valence-corrected chi connectivity index (χ0v) is 14.8. The third-order valence-corrected chi connectivity index (χ3v) is 3.60. The number of anilines is 1. The zero-order chi connectivity index (χ0) is 17.7. The minimum absolute atomic E-state index is 0.383. The van der Waals surface area contributed by atoms with Crippen LogP contribution in [0, 0.1) is 0 Å². The fourth-order valence-corrected chi connectivity index (χ4v) is 2.43. The summed E-state index contributed by atoms with van der Waals surface area (Å²) in [7, 11) is 0. The third kappa shape index (κ3) is 5.01. The van der Waals surface area contributed by atoms with Gasteiger partial charge in [0.05, 0.1) is 0 Å². The Kier molecular flexibility index (Phi) is 5.50. The second-order valence-electron chi connectivity index (χ2n) is 6.83. The lowest BCUT2D eigenvalue weighted by Crippen LogP contribution is -2.32. The molecule has 0 saturated heterocycles. The molecule has 1 amide bonds. The van der Waals surface area contributed by atoms with Crippen LogP contribution in [-0.2, 0) is 17.7 Å². The van der Waals surface area contributed by atoms with E-state index in [1.54, 1.807) is 0 Å². The molecular weight excluding hydrogens is 300 g/mol. The first kappa shape index (κ1) is 17.9. The highest BCUT2D eigenvalue weighted by molar-refractivity contribution is 5.77. The Morgan fingerprint density at radius 3 is 2.50 bits per heavy atom. The number of rotatable bonds is 4. The highest BCUT2D eigenvalue weighted by Gasteiger charge is 2.15. The van der Waals surface area contributed by atoms with Crippen LogP contribution in [-0.4, -0.2) is 11.7 Å². The summed E-state index contributed by atoms with van der Waals surface area (Å²) in [4.78, 5) is 11.7. The van der Waals surface area contributed by atoms with Gasteiger partial charge < -0.3 is 15.8 Å². The SMILES string of the molecule is CCc1cccc(-c2ccc(CNC(=O)OC(C)(C)C)cc2N)c1. The quantitative estimate of drug-likeness (QED) is 0.812. The number of carbonyl (C=O) groups excluding carboxylic acids is 1. The molecule has 0 saturated carbocycles. The topological polar surface area (TPSA) is 64.3 Å². The number of ether oxygens (including phenoxy) is 1. The van der Waals surface area contributed by atoms with Crippen LogP contribution >= 0.6 is 0 Å². The van der Waals surface area contributed by atoms with E-state index in [2.05, 4.69) is 30.4 Å². The summed E-state index contributed by atoms with van der Waals surface area (Å²) in [6.45, 7) is 8.03. The van der Waals surface area contributed by atoms with Crippen molar-refractivity contribution >= 4 is 11.8 Å². The molecule has 0 bridgehead atoms. The number of nitrogen functional groups attached to an aromatic ring is 1. The molecule has 24 heavy (non-hydrogen) atoms. The first-order valence-electron chi connectivity index (χ1n) is 8.23. The van der Waals surface area contributed by atoms with E-state index in [1.807, 2.05) is 45.0 Å². The molecule has 4 nitrogen and oxygen atoms in total. The van der Waals surface area contributed by atoms with Crippen molar-refractivity contribution in [1.82, 2.24) is 5.32 Å². The monoisotopic (exact) mass is 326 g/mol. The number of nitrogens with two attached hydrogens (primary N) is 1. The van der Waals surface area contributed by atoms with Gasteiger partial charge in [0, 0.05) is 17.8 Å². The molecule has 0 fully saturated rings. The Labute approximate surface area is 144 Å². The second-order valence-corrected chi connectivity index (χ2v) is 6.83. The van der Waals surface area contributed by atoms with E-state index in [4.69, 9.17) is 10.5 Å². The summed E-state index contributed by atoms with van der Waals surface area (Å²) in [6.07, 6.45) is 0.562. The average Bonchev–Trinajstić information content (AvgIpc) is 2.51. The van der Waals surface area contributed by atoms with Gasteiger partial charge in [0.15, 0.2) is 0 Å². The summed E-state index contributed by atoms with van der Waals surface area (Å²) in [5.41, 5.74) is 10.7. The molecule has 0 aliphatic carbocycles. The molecule has 3 N–H and O–H groups in total. The highest BCUT2D eigenvalue weighted by Crippen LogP contribution is 2.27. The number of benzene rings is 2. The van der Waals surface area contributed by atoms with Gasteiger partial charge in [-0.15, -0.1) is 0 Å². The summed E-state index contributed by atoms with van der Waals surface area (Å²) < 4.78 is 5.23. The number of hydrogen-bond donors (Lipinski definition) is 2. The van der Waals surface area contributed by atoms with E-state index in [0.717, 1.165) is 23.1 Å². The first-order chi connectivity index (χ1) is 11.3. The molecule has 128 valence electrons. The summed E-state index contributed by atoms with van der Waals surface area (Å²) in [5.74, 6) is 0. The Balaban J connectivity index is 2.08. The van der Waals surface area contributed by atoms with E-state index < -0.39 is 11.7 Å². The number of hydrogen-bond acceptors (Lipinski definition) is 3. The van der Waals surface area contributed by atoms with E-state index in [9.17, 15) is 4.79 Å². The van der Waals surface area contributed by atoms with Crippen molar-refractivity contribution in [3.63, 3.8) is 0 Å². The number of amides is 1.